The Kier molecular flexibility index (Phi) is 8.25. The van der Waals surface area contributed by atoms with Crippen LogP contribution in [0.15, 0.2) is 53.9 Å². The minimum atomic E-state index is -0.291. The molecule has 0 spiro atoms. The number of aromatic nitrogens is 1. The van der Waals surface area contributed by atoms with E-state index in [-0.39, 0.29) is 18.4 Å². The first-order valence-electron chi connectivity index (χ1n) is 10.4. The number of nitrogens with one attached hydrogen (secondary N) is 2. The number of hydrogen-bond acceptors (Lipinski definition) is 5. The summed E-state index contributed by atoms with van der Waals surface area (Å²) in [6.07, 6.45) is 0. The molecule has 1 aromatic heterocycles. The van der Waals surface area contributed by atoms with E-state index < -0.39 is 0 Å². The summed E-state index contributed by atoms with van der Waals surface area (Å²) in [6.45, 7) is 6.87. The smallest absolute Gasteiger partial charge is 0.274 e. The van der Waals surface area contributed by atoms with Gasteiger partial charge in [-0.15, -0.1) is 11.3 Å². The first-order valence-corrected chi connectivity index (χ1v) is 11.7. The third kappa shape index (κ3) is 6.80. The highest BCUT2D eigenvalue weighted by molar-refractivity contribution is 7.14. The van der Waals surface area contributed by atoms with Crippen LogP contribution in [0.5, 0.6) is 0 Å². The summed E-state index contributed by atoms with van der Waals surface area (Å²) >= 11 is 7.43. The molecule has 0 saturated carbocycles. The number of carbonyl (C=O) groups is 2. The number of benzene rings is 2. The van der Waals surface area contributed by atoms with E-state index in [0.717, 1.165) is 16.8 Å². The van der Waals surface area contributed by atoms with Gasteiger partial charge in [0.15, 0.2) is 5.13 Å². The highest BCUT2D eigenvalue weighted by Gasteiger charge is 2.22. The van der Waals surface area contributed by atoms with E-state index in [2.05, 4.69) is 15.6 Å². The maximum atomic E-state index is 13.3. The molecule has 2 amide bonds. The number of halogens is 1. The first-order chi connectivity index (χ1) is 15.3. The van der Waals surface area contributed by atoms with Crippen LogP contribution in [0.2, 0.25) is 5.02 Å². The molecule has 0 saturated heterocycles. The van der Waals surface area contributed by atoms with Crippen LogP contribution in [-0.2, 0) is 11.3 Å². The molecule has 6 nitrogen and oxygen atoms in total. The predicted molar refractivity (Wildman–Crippen MR) is 131 cm³/mol. The number of anilines is 2. The molecule has 0 fully saturated rings. The second-order valence-corrected chi connectivity index (χ2v) is 9.26. The number of aryl methyl sites for hydroxylation is 1. The molecule has 0 bridgehead atoms. The fourth-order valence-corrected chi connectivity index (χ4v) is 3.85. The lowest BCUT2D eigenvalue weighted by Gasteiger charge is -2.22. The van der Waals surface area contributed by atoms with Gasteiger partial charge in [0.05, 0.1) is 0 Å². The average Bonchev–Trinajstić information content (AvgIpc) is 3.23. The molecule has 32 heavy (non-hydrogen) atoms. The number of thiazole rings is 1. The molecule has 8 heteroatoms. The van der Waals surface area contributed by atoms with Gasteiger partial charge in [0.25, 0.3) is 5.91 Å². The van der Waals surface area contributed by atoms with Crippen LogP contribution in [-0.4, -0.2) is 34.8 Å². The minimum absolute atomic E-state index is 0.0336. The van der Waals surface area contributed by atoms with Crippen LogP contribution in [0.3, 0.4) is 0 Å². The monoisotopic (exact) mass is 470 g/mol. The Bertz CT molecular complexity index is 1070. The molecular weight excluding hydrogens is 444 g/mol. The average molecular weight is 471 g/mol. The van der Waals surface area contributed by atoms with Gasteiger partial charge in [-0.1, -0.05) is 61.8 Å². The molecule has 3 aromatic rings. The molecule has 0 aliphatic heterocycles. The fraction of sp³-hybridized carbons (Fsp3) is 0.292. The lowest BCUT2D eigenvalue weighted by atomic mass is 10.2. The van der Waals surface area contributed by atoms with E-state index in [1.807, 2.05) is 69.3 Å². The standard InChI is InChI=1S/C24H27ClN4O2S/c1-16(2)12-26-22(30)14-29(13-18-7-5-4-6-8-18)23(31)21-15-32-24(28-21)27-20-11-19(25)10-9-17(20)3/h4-11,15-16H,12-14H2,1-3H3,(H,26,30)(H,27,28). The number of rotatable bonds is 9. The second-order valence-electron chi connectivity index (χ2n) is 7.97. The zero-order valence-electron chi connectivity index (χ0n) is 18.4. The van der Waals surface area contributed by atoms with Crippen LogP contribution in [0.1, 0.15) is 35.5 Å². The van der Waals surface area contributed by atoms with Crippen molar-refractivity contribution in [3.05, 3.63) is 75.8 Å². The molecule has 0 atom stereocenters. The van der Waals surface area contributed by atoms with Gasteiger partial charge in [-0.2, -0.15) is 0 Å². The van der Waals surface area contributed by atoms with Gasteiger partial charge >= 0.3 is 0 Å². The van der Waals surface area contributed by atoms with Gasteiger partial charge in [-0.05, 0) is 36.1 Å². The van der Waals surface area contributed by atoms with Crippen molar-refractivity contribution >= 4 is 45.6 Å². The van der Waals surface area contributed by atoms with E-state index in [4.69, 9.17) is 11.6 Å². The zero-order chi connectivity index (χ0) is 23.1. The molecule has 2 aromatic carbocycles. The van der Waals surface area contributed by atoms with Gasteiger partial charge in [-0.25, -0.2) is 4.98 Å². The van der Waals surface area contributed by atoms with E-state index in [9.17, 15) is 9.59 Å². The Labute approximate surface area is 197 Å². The quantitative estimate of drug-likeness (QED) is 0.447. The number of amides is 2. The van der Waals surface area contributed by atoms with Crippen molar-refractivity contribution in [2.24, 2.45) is 5.92 Å². The van der Waals surface area contributed by atoms with Crippen LogP contribution >= 0.6 is 22.9 Å². The van der Waals surface area contributed by atoms with Crippen molar-refractivity contribution in [2.45, 2.75) is 27.3 Å². The lowest BCUT2D eigenvalue weighted by molar-refractivity contribution is -0.122. The summed E-state index contributed by atoms with van der Waals surface area (Å²) in [5, 5.41) is 9.01. The van der Waals surface area contributed by atoms with Gasteiger partial charge in [0, 0.05) is 29.2 Å². The highest BCUT2D eigenvalue weighted by Crippen LogP contribution is 2.26. The molecule has 1 heterocycles. The SMILES string of the molecule is Cc1ccc(Cl)cc1Nc1nc(C(=O)N(CC(=O)NCC(C)C)Cc2ccccc2)cs1. The maximum Gasteiger partial charge on any atom is 0.274 e. The highest BCUT2D eigenvalue weighted by atomic mass is 35.5. The molecule has 0 aliphatic rings. The van der Waals surface area contributed by atoms with Gasteiger partial charge < -0.3 is 15.5 Å². The van der Waals surface area contributed by atoms with Crippen molar-refractivity contribution in [3.8, 4) is 0 Å². The summed E-state index contributed by atoms with van der Waals surface area (Å²) < 4.78 is 0. The van der Waals surface area contributed by atoms with Gasteiger partial charge in [0.2, 0.25) is 5.91 Å². The summed E-state index contributed by atoms with van der Waals surface area (Å²) in [6, 6.07) is 15.2. The topological polar surface area (TPSA) is 74.3 Å². The van der Waals surface area contributed by atoms with E-state index >= 15 is 0 Å². The van der Waals surface area contributed by atoms with Crippen molar-refractivity contribution in [1.29, 1.82) is 0 Å². The van der Waals surface area contributed by atoms with Crippen LogP contribution in [0, 0.1) is 12.8 Å². The van der Waals surface area contributed by atoms with Crippen LogP contribution < -0.4 is 10.6 Å². The first kappa shape index (κ1) is 23.8. The van der Waals surface area contributed by atoms with Crippen molar-refractivity contribution < 1.29 is 9.59 Å². The molecule has 3 rings (SSSR count). The predicted octanol–water partition coefficient (Wildman–Crippen LogP) is 5.26. The van der Waals surface area contributed by atoms with Crippen LogP contribution in [0.4, 0.5) is 10.8 Å². The van der Waals surface area contributed by atoms with Crippen molar-refractivity contribution in [3.63, 3.8) is 0 Å². The summed E-state index contributed by atoms with van der Waals surface area (Å²) in [5.41, 5.74) is 3.09. The third-order valence-electron chi connectivity index (χ3n) is 4.71. The Balaban J connectivity index is 1.76. The van der Waals surface area contributed by atoms with Crippen LogP contribution in [0.25, 0.3) is 0 Å². The molecule has 0 unspecified atom stereocenters. The Morgan fingerprint density at radius 3 is 2.62 bits per heavy atom. The summed E-state index contributed by atoms with van der Waals surface area (Å²) in [7, 11) is 0. The summed E-state index contributed by atoms with van der Waals surface area (Å²) in [4.78, 5) is 31.7. The third-order valence-corrected chi connectivity index (χ3v) is 5.70. The summed E-state index contributed by atoms with van der Waals surface area (Å²) in [5.74, 6) is -0.147. The molecular formula is C24H27ClN4O2S. The van der Waals surface area contributed by atoms with Gasteiger partial charge in [0.1, 0.15) is 12.2 Å². The molecule has 168 valence electrons. The number of hydrogen-bond donors (Lipinski definition) is 2. The Morgan fingerprint density at radius 2 is 1.91 bits per heavy atom. The number of carbonyl (C=O) groups excluding carboxylic acids is 2. The maximum absolute atomic E-state index is 13.3. The Hall–Kier alpha value is -2.90. The molecule has 0 aliphatic carbocycles. The van der Waals surface area contributed by atoms with E-state index in [1.54, 1.807) is 5.38 Å². The fourth-order valence-electron chi connectivity index (χ4n) is 2.99. The zero-order valence-corrected chi connectivity index (χ0v) is 20.0. The second kappa shape index (κ2) is 11.1. The van der Waals surface area contributed by atoms with Crippen molar-refractivity contribution in [2.75, 3.05) is 18.4 Å². The van der Waals surface area contributed by atoms with E-state index in [1.165, 1.54) is 16.2 Å². The number of nitrogens with zero attached hydrogens (tertiary/aromatic N) is 2. The van der Waals surface area contributed by atoms with Gasteiger partial charge in [-0.3, -0.25) is 9.59 Å². The van der Waals surface area contributed by atoms with Crippen molar-refractivity contribution in [1.82, 2.24) is 15.2 Å². The molecule has 0 radical (unpaired) electrons. The Morgan fingerprint density at radius 1 is 1.16 bits per heavy atom. The van der Waals surface area contributed by atoms with E-state index in [0.29, 0.717) is 34.9 Å². The normalized spacial score (nSPS) is 10.8. The lowest BCUT2D eigenvalue weighted by Crippen LogP contribution is -2.41. The molecule has 2 N–H and O–H groups in total. The minimum Gasteiger partial charge on any atom is -0.354 e. The largest absolute Gasteiger partial charge is 0.354 e.